The molecule has 1 heterocycles. The number of hydrogen-bond acceptors (Lipinski definition) is 6. The van der Waals surface area contributed by atoms with Gasteiger partial charge < -0.3 is 20.7 Å². The second-order valence-electron chi connectivity index (χ2n) is 3.56. The molecule has 2 amide bonds. The average molecular weight is 267 g/mol. The molecule has 0 aliphatic heterocycles. The zero-order valence-electron chi connectivity index (χ0n) is 10.9. The number of carbonyl (C=O) groups is 2. The van der Waals surface area contributed by atoms with Gasteiger partial charge in [-0.2, -0.15) is 0 Å². The first-order chi connectivity index (χ1) is 9.17. The number of methoxy groups -OCH3 is 1. The molecule has 1 rings (SSSR count). The third-order valence-corrected chi connectivity index (χ3v) is 2.23. The quantitative estimate of drug-likeness (QED) is 0.458. The molecular weight excluding hydrogens is 250 g/mol. The molecule has 0 fully saturated rings. The van der Waals surface area contributed by atoms with Crippen LogP contribution in [0.15, 0.2) is 12.4 Å². The Labute approximate surface area is 111 Å². The summed E-state index contributed by atoms with van der Waals surface area (Å²) in [6.07, 6.45) is 2.06. The molecule has 1 aromatic rings. The molecular formula is C11H17N5O3. The normalized spacial score (nSPS) is 9.58. The summed E-state index contributed by atoms with van der Waals surface area (Å²) in [5.74, 6) is -0.158. The Morgan fingerprint density at radius 3 is 2.74 bits per heavy atom. The molecule has 19 heavy (non-hydrogen) atoms. The van der Waals surface area contributed by atoms with Crippen LogP contribution in [-0.4, -0.2) is 49.0 Å². The van der Waals surface area contributed by atoms with Crippen molar-refractivity contribution >= 4 is 17.6 Å². The lowest BCUT2D eigenvalue weighted by Gasteiger charge is -2.07. The lowest BCUT2D eigenvalue weighted by Crippen LogP contribution is -2.38. The lowest BCUT2D eigenvalue weighted by molar-refractivity contribution is -0.138. The third kappa shape index (κ3) is 5.19. The number of nitrogens with zero attached hydrogens (tertiary/aromatic N) is 2. The molecule has 0 spiro atoms. The third-order valence-electron chi connectivity index (χ3n) is 2.23. The minimum atomic E-state index is -0.645. The molecule has 0 aliphatic carbocycles. The van der Waals surface area contributed by atoms with Crippen molar-refractivity contribution in [1.82, 2.24) is 20.6 Å². The highest BCUT2D eigenvalue weighted by Gasteiger charge is 2.09. The van der Waals surface area contributed by atoms with Gasteiger partial charge in [-0.1, -0.05) is 0 Å². The van der Waals surface area contributed by atoms with E-state index in [1.54, 1.807) is 6.07 Å². The molecule has 0 saturated carbocycles. The summed E-state index contributed by atoms with van der Waals surface area (Å²) in [5.41, 5.74) is 0. The van der Waals surface area contributed by atoms with Crippen LogP contribution in [0.1, 0.15) is 6.42 Å². The van der Waals surface area contributed by atoms with Crippen LogP contribution in [0.4, 0.5) is 5.82 Å². The van der Waals surface area contributed by atoms with Gasteiger partial charge in [0.25, 0.3) is 0 Å². The van der Waals surface area contributed by atoms with Gasteiger partial charge in [-0.3, -0.25) is 9.59 Å². The Morgan fingerprint density at radius 1 is 1.26 bits per heavy atom. The minimum Gasteiger partial charge on any atom is -0.481 e. The van der Waals surface area contributed by atoms with E-state index in [2.05, 4.69) is 25.9 Å². The van der Waals surface area contributed by atoms with E-state index in [1.807, 2.05) is 0 Å². The maximum absolute atomic E-state index is 11.1. The van der Waals surface area contributed by atoms with Gasteiger partial charge >= 0.3 is 11.8 Å². The van der Waals surface area contributed by atoms with Crippen LogP contribution >= 0.6 is 0 Å². The summed E-state index contributed by atoms with van der Waals surface area (Å²) in [5, 5.41) is 7.79. The summed E-state index contributed by atoms with van der Waals surface area (Å²) in [7, 11) is 2.94. The number of carbonyl (C=O) groups excluding carboxylic acids is 2. The van der Waals surface area contributed by atoms with Crippen LogP contribution in [0.5, 0.6) is 5.88 Å². The van der Waals surface area contributed by atoms with E-state index in [0.717, 1.165) is 0 Å². The highest BCUT2D eigenvalue weighted by Crippen LogP contribution is 2.09. The summed E-state index contributed by atoms with van der Waals surface area (Å²) in [6.45, 7) is 1.01. The van der Waals surface area contributed by atoms with Gasteiger partial charge in [-0.25, -0.2) is 9.97 Å². The summed E-state index contributed by atoms with van der Waals surface area (Å²) >= 11 is 0. The smallest absolute Gasteiger partial charge is 0.309 e. The molecule has 0 radical (unpaired) electrons. The van der Waals surface area contributed by atoms with E-state index in [4.69, 9.17) is 4.74 Å². The van der Waals surface area contributed by atoms with Gasteiger partial charge in [0.15, 0.2) is 0 Å². The molecule has 1 aromatic heterocycles. The number of amides is 2. The number of aromatic nitrogens is 2. The van der Waals surface area contributed by atoms with Crippen LogP contribution in [0.2, 0.25) is 0 Å². The predicted octanol–water partition coefficient (Wildman–Crippen LogP) is -0.851. The molecule has 3 N–H and O–H groups in total. The van der Waals surface area contributed by atoms with Gasteiger partial charge in [-0.15, -0.1) is 0 Å². The van der Waals surface area contributed by atoms with E-state index < -0.39 is 11.8 Å². The van der Waals surface area contributed by atoms with Crippen molar-refractivity contribution in [2.75, 3.05) is 32.6 Å². The second kappa shape index (κ2) is 7.85. The van der Waals surface area contributed by atoms with Crippen molar-refractivity contribution in [3.63, 3.8) is 0 Å². The van der Waals surface area contributed by atoms with E-state index in [0.29, 0.717) is 31.2 Å². The van der Waals surface area contributed by atoms with Crippen LogP contribution < -0.4 is 20.7 Å². The topological polar surface area (TPSA) is 105 Å². The summed E-state index contributed by atoms with van der Waals surface area (Å²) < 4.78 is 4.96. The number of anilines is 1. The Bertz CT molecular complexity index is 438. The fourth-order valence-electron chi connectivity index (χ4n) is 1.25. The maximum atomic E-state index is 11.1. The SMILES string of the molecule is CNC(=O)C(=O)NCCCNc1cc(OC)ncn1. The zero-order valence-corrected chi connectivity index (χ0v) is 10.9. The first-order valence-electron chi connectivity index (χ1n) is 5.77. The first-order valence-corrected chi connectivity index (χ1v) is 5.77. The van der Waals surface area contributed by atoms with E-state index in [1.165, 1.54) is 20.5 Å². The molecule has 8 heteroatoms. The number of likely N-dealkylation sites (N-methyl/N-ethyl adjacent to an activating group) is 1. The number of rotatable bonds is 6. The van der Waals surface area contributed by atoms with E-state index >= 15 is 0 Å². The van der Waals surface area contributed by atoms with Gasteiger partial charge in [0, 0.05) is 26.2 Å². The predicted molar refractivity (Wildman–Crippen MR) is 68.8 cm³/mol. The van der Waals surface area contributed by atoms with Crippen molar-refractivity contribution < 1.29 is 14.3 Å². The van der Waals surface area contributed by atoms with Crippen molar-refractivity contribution in [3.8, 4) is 5.88 Å². The van der Waals surface area contributed by atoms with Gasteiger partial charge in [-0.05, 0) is 6.42 Å². The average Bonchev–Trinajstić information content (AvgIpc) is 2.46. The standard InChI is InChI=1S/C11H17N5O3/c1-12-10(17)11(18)14-5-3-4-13-8-6-9(19-2)16-7-15-8/h6-7H,3-5H2,1-2H3,(H,12,17)(H,14,18)(H,13,15,16). The molecule has 8 nitrogen and oxygen atoms in total. The van der Waals surface area contributed by atoms with Crippen molar-refractivity contribution in [2.45, 2.75) is 6.42 Å². The molecule has 0 bridgehead atoms. The summed E-state index contributed by atoms with van der Waals surface area (Å²) in [6, 6.07) is 1.67. The highest BCUT2D eigenvalue weighted by atomic mass is 16.5. The number of ether oxygens (including phenoxy) is 1. The van der Waals surface area contributed by atoms with Crippen molar-refractivity contribution in [1.29, 1.82) is 0 Å². The molecule has 0 aliphatic rings. The molecule has 0 atom stereocenters. The van der Waals surface area contributed by atoms with Gasteiger partial charge in [0.1, 0.15) is 12.1 Å². The Kier molecular flexibility index (Phi) is 6.07. The zero-order chi connectivity index (χ0) is 14.1. The maximum Gasteiger partial charge on any atom is 0.309 e. The largest absolute Gasteiger partial charge is 0.481 e. The van der Waals surface area contributed by atoms with Crippen LogP contribution in [0.3, 0.4) is 0 Å². The number of hydrogen-bond donors (Lipinski definition) is 3. The first kappa shape index (κ1) is 14.7. The van der Waals surface area contributed by atoms with Crippen molar-refractivity contribution in [2.24, 2.45) is 0 Å². The fourth-order valence-corrected chi connectivity index (χ4v) is 1.25. The minimum absolute atomic E-state index is 0.404. The lowest BCUT2D eigenvalue weighted by atomic mass is 10.4. The van der Waals surface area contributed by atoms with E-state index in [9.17, 15) is 9.59 Å². The Hall–Kier alpha value is -2.38. The highest BCUT2D eigenvalue weighted by molar-refractivity contribution is 6.34. The fraction of sp³-hybridized carbons (Fsp3) is 0.455. The van der Waals surface area contributed by atoms with Crippen molar-refractivity contribution in [3.05, 3.63) is 12.4 Å². The van der Waals surface area contributed by atoms with E-state index in [-0.39, 0.29) is 0 Å². The van der Waals surface area contributed by atoms with Gasteiger partial charge in [0.05, 0.1) is 7.11 Å². The Morgan fingerprint density at radius 2 is 2.05 bits per heavy atom. The van der Waals surface area contributed by atoms with Gasteiger partial charge in [0.2, 0.25) is 5.88 Å². The second-order valence-corrected chi connectivity index (χ2v) is 3.56. The van der Waals surface area contributed by atoms with Crippen LogP contribution in [-0.2, 0) is 9.59 Å². The molecule has 104 valence electrons. The molecule has 0 saturated heterocycles. The molecule has 0 aromatic carbocycles. The summed E-state index contributed by atoms with van der Waals surface area (Å²) in [4.78, 5) is 29.9. The Balaban J connectivity index is 2.20. The number of nitrogens with one attached hydrogen (secondary N) is 3. The molecule has 0 unspecified atom stereocenters. The monoisotopic (exact) mass is 267 g/mol. The van der Waals surface area contributed by atoms with Crippen LogP contribution in [0, 0.1) is 0 Å². The van der Waals surface area contributed by atoms with Crippen LogP contribution in [0.25, 0.3) is 0 Å².